The standard InChI is InChI=1S/C20H23N5O2/c26-19(12-25-14-22-16-7-3-4-8-18(16)25)21-9-10-24-13-23-17(11-20(24)27)15-5-1-2-6-15/h3-4,7-8,11,13-15H,1-2,5-6,9-10,12H2,(H,21,26). The van der Waals surface area contributed by atoms with Crippen LogP contribution in [0.1, 0.15) is 37.3 Å². The molecule has 27 heavy (non-hydrogen) atoms. The van der Waals surface area contributed by atoms with E-state index in [9.17, 15) is 9.59 Å². The van der Waals surface area contributed by atoms with Crippen LogP contribution in [0.2, 0.25) is 0 Å². The van der Waals surface area contributed by atoms with Crippen molar-refractivity contribution in [1.82, 2.24) is 24.4 Å². The molecular weight excluding hydrogens is 342 g/mol. The number of carbonyl (C=O) groups is 1. The van der Waals surface area contributed by atoms with Gasteiger partial charge in [-0.05, 0) is 25.0 Å². The Labute approximate surface area is 157 Å². The van der Waals surface area contributed by atoms with Crippen molar-refractivity contribution in [2.75, 3.05) is 6.54 Å². The molecule has 1 saturated carbocycles. The van der Waals surface area contributed by atoms with Gasteiger partial charge in [-0.2, -0.15) is 0 Å². The van der Waals surface area contributed by atoms with Gasteiger partial charge in [0.05, 0.1) is 29.4 Å². The monoisotopic (exact) mass is 365 g/mol. The Balaban J connectivity index is 1.31. The van der Waals surface area contributed by atoms with Gasteiger partial charge in [-0.25, -0.2) is 9.97 Å². The zero-order valence-electron chi connectivity index (χ0n) is 15.2. The summed E-state index contributed by atoms with van der Waals surface area (Å²) in [6, 6.07) is 9.34. The third-order valence-electron chi connectivity index (χ3n) is 5.19. The van der Waals surface area contributed by atoms with Crippen molar-refractivity contribution in [3.8, 4) is 0 Å². The number of rotatable bonds is 6. The number of nitrogens with zero attached hydrogens (tertiary/aromatic N) is 4. The summed E-state index contributed by atoms with van der Waals surface area (Å²) in [6.45, 7) is 0.997. The van der Waals surface area contributed by atoms with Crippen LogP contribution in [0.5, 0.6) is 0 Å². The fourth-order valence-corrected chi connectivity index (χ4v) is 3.72. The van der Waals surface area contributed by atoms with Gasteiger partial charge >= 0.3 is 0 Å². The maximum Gasteiger partial charge on any atom is 0.253 e. The number of fused-ring (bicyclic) bond motifs is 1. The zero-order chi connectivity index (χ0) is 18.6. The Hall–Kier alpha value is -2.96. The summed E-state index contributed by atoms with van der Waals surface area (Å²) < 4.78 is 3.36. The molecule has 0 atom stereocenters. The quantitative estimate of drug-likeness (QED) is 0.725. The third kappa shape index (κ3) is 3.92. The van der Waals surface area contributed by atoms with E-state index >= 15 is 0 Å². The van der Waals surface area contributed by atoms with E-state index in [1.807, 2.05) is 28.8 Å². The van der Waals surface area contributed by atoms with E-state index in [-0.39, 0.29) is 18.0 Å². The molecule has 140 valence electrons. The SMILES string of the molecule is O=C(Cn1cnc2ccccc21)NCCn1cnc(C2CCCC2)cc1=O. The van der Waals surface area contributed by atoms with Crippen LogP contribution >= 0.6 is 0 Å². The zero-order valence-corrected chi connectivity index (χ0v) is 15.2. The normalized spacial score (nSPS) is 14.7. The van der Waals surface area contributed by atoms with Crippen LogP contribution in [0.15, 0.2) is 47.8 Å². The number of hydrogen-bond acceptors (Lipinski definition) is 4. The fraction of sp³-hybridized carbons (Fsp3) is 0.400. The number of para-hydroxylation sites is 2. The molecule has 0 bridgehead atoms. The molecule has 1 aliphatic carbocycles. The van der Waals surface area contributed by atoms with Gasteiger partial charge in [-0.15, -0.1) is 0 Å². The highest BCUT2D eigenvalue weighted by Gasteiger charge is 2.18. The number of nitrogens with one attached hydrogen (secondary N) is 1. The summed E-state index contributed by atoms with van der Waals surface area (Å²) in [5.41, 5.74) is 2.65. The summed E-state index contributed by atoms with van der Waals surface area (Å²) in [5.74, 6) is 0.318. The average molecular weight is 365 g/mol. The molecule has 4 rings (SSSR count). The Morgan fingerprint density at radius 2 is 1.89 bits per heavy atom. The maximum absolute atomic E-state index is 12.3. The molecule has 1 N–H and O–H groups in total. The number of carbonyl (C=O) groups excluding carboxylic acids is 1. The lowest BCUT2D eigenvalue weighted by atomic mass is 10.0. The van der Waals surface area contributed by atoms with Crippen LogP contribution < -0.4 is 10.9 Å². The predicted molar refractivity (Wildman–Crippen MR) is 102 cm³/mol. The molecule has 0 saturated heterocycles. The first-order chi connectivity index (χ1) is 13.2. The van der Waals surface area contributed by atoms with Crippen molar-refractivity contribution < 1.29 is 4.79 Å². The van der Waals surface area contributed by atoms with Gasteiger partial charge in [0.25, 0.3) is 5.56 Å². The number of benzene rings is 1. The molecule has 2 aromatic heterocycles. The lowest BCUT2D eigenvalue weighted by Crippen LogP contribution is -2.33. The summed E-state index contributed by atoms with van der Waals surface area (Å²) >= 11 is 0. The average Bonchev–Trinajstić information content (AvgIpc) is 3.34. The first-order valence-electron chi connectivity index (χ1n) is 9.43. The molecule has 0 spiro atoms. The van der Waals surface area contributed by atoms with E-state index in [1.165, 1.54) is 12.8 Å². The second-order valence-corrected chi connectivity index (χ2v) is 7.04. The van der Waals surface area contributed by atoms with E-state index in [0.29, 0.717) is 19.0 Å². The Morgan fingerprint density at radius 1 is 1.11 bits per heavy atom. The summed E-state index contributed by atoms with van der Waals surface area (Å²) in [5, 5.41) is 2.86. The van der Waals surface area contributed by atoms with Crippen LogP contribution in [-0.4, -0.2) is 31.6 Å². The van der Waals surface area contributed by atoms with E-state index in [2.05, 4.69) is 15.3 Å². The number of imidazole rings is 1. The van der Waals surface area contributed by atoms with Gasteiger partial charge in [0, 0.05) is 25.1 Å². The topological polar surface area (TPSA) is 81.8 Å². The van der Waals surface area contributed by atoms with Gasteiger partial charge in [-0.1, -0.05) is 25.0 Å². The molecule has 1 fully saturated rings. The molecule has 1 aromatic carbocycles. The van der Waals surface area contributed by atoms with Gasteiger partial charge in [-0.3, -0.25) is 14.2 Å². The number of aromatic nitrogens is 4. The molecule has 3 aromatic rings. The van der Waals surface area contributed by atoms with Gasteiger partial charge in [0.15, 0.2) is 0 Å². The minimum atomic E-state index is -0.110. The van der Waals surface area contributed by atoms with Gasteiger partial charge in [0.2, 0.25) is 5.91 Å². The molecule has 0 radical (unpaired) electrons. The van der Waals surface area contributed by atoms with Crippen LogP contribution in [-0.2, 0) is 17.9 Å². The van der Waals surface area contributed by atoms with Crippen molar-refractivity contribution >= 4 is 16.9 Å². The molecule has 0 aliphatic heterocycles. The highest BCUT2D eigenvalue weighted by atomic mass is 16.2. The van der Waals surface area contributed by atoms with E-state index in [4.69, 9.17) is 0 Å². The summed E-state index contributed by atoms with van der Waals surface area (Å²) in [7, 11) is 0. The van der Waals surface area contributed by atoms with Gasteiger partial charge in [0.1, 0.15) is 6.54 Å². The van der Waals surface area contributed by atoms with Crippen LogP contribution in [0.25, 0.3) is 11.0 Å². The number of hydrogen-bond donors (Lipinski definition) is 1. The molecule has 7 heteroatoms. The molecule has 2 heterocycles. The van der Waals surface area contributed by atoms with E-state index in [0.717, 1.165) is 29.6 Å². The summed E-state index contributed by atoms with van der Waals surface area (Å²) in [4.78, 5) is 33.2. The van der Waals surface area contributed by atoms with Crippen LogP contribution in [0, 0.1) is 0 Å². The lowest BCUT2D eigenvalue weighted by molar-refractivity contribution is -0.121. The van der Waals surface area contributed by atoms with Crippen molar-refractivity contribution in [1.29, 1.82) is 0 Å². The first-order valence-corrected chi connectivity index (χ1v) is 9.43. The molecular formula is C20H23N5O2. The molecule has 1 amide bonds. The fourth-order valence-electron chi connectivity index (χ4n) is 3.72. The Morgan fingerprint density at radius 3 is 2.70 bits per heavy atom. The van der Waals surface area contributed by atoms with E-state index in [1.54, 1.807) is 23.3 Å². The van der Waals surface area contributed by atoms with Crippen molar-refractivity contribution in [2.24, 2.45) is 0 Å². The third-order valence-corrected chi connectivity index (χ3v) is 5.19. The minimum absolute atomic E-state index is 0.0539. The Bertz CT molecular complexity index is 1000. The first kappa shape index (κ1) is 17.5. The molecule has 7 nitrogen and oxygen atoms in total. The van der Waals surface area contributed by atoms with Gasteiger partial charge < -0.3 is 9.88 Å². The molecule has 1 aliphatic rings. The highest BCUT2D eigenvalue weighted by Crippen LogP contribution is 2.32. The van der Waals surface area contributed by atoms with E-state index < -0.39 is 0 Å². The predicted octanol–water partition coefficient (Wildman–Crippen LogP) is 2.07. The number of amides is 1. The van der Waals surface area contributed by atoms with Crippen LogP contribution in [0.3, 0.4) is 0 Å². The summed E-state index contributed by atoms with van der Waals surface area (Å²) in [6.07, 6.45) is 7.94. The van der Waals surface area contributed by atoms with Crippen LogP contribution in [0.4, 0.5) is 0 Å². The second kappa shape index (κ2) is 7.73. The van der Waals surface area contributed by atoms with Crippen molar-refractivity contribution in [2.45, 2.75) is 44.7 Å². The molecule has 0 unspecified atom stereocenters. The van der Waals surface area contributed by atoms with Crippen molar-refractivity contribution in [3.05, 3.63) is 59.0 Å². The second-order valence-electron chi connectivity index (χ2n) is 7.04. The largest absolute Gasteiger partial charge is 0.353 e. The smallest absolute Gasteiger partial charge is 0.253 e. The Kier molecular flexibility index (Phi) is 5.00. The highest BCUT2D eigenvalue weighted by molar-refractivity contribution is 5.80. The minimum Gasteiger partial charge on any atom is -0.353 e. The maximum atomic E-state index is 12.3. The van der Waals surface area contributed by atoms with Crippen molar-refractivity contribution in [3.63, 3.8) is 0 Å². The lowest BCUT2D eigenvalue weighted by Gasteiger charge is -2.11.